The number of rotatable bonds is 10. The van der Waals surface area contributed by atoms with Crippen molar-refractivity contribution in [3.05, 3.63) is 70.8 Å². The summed E-state index contributed by atoms with van der Waals surface area (Å²) in [4.78, 5) is 42.1. The van der Waals surface area contributed by atoms with Gasteiger partial charge in [-0.25, -0.2) is 4.79 Å². The van der Waals surface area contributed by atoms with Gasteiger partial charge in [0.25, 0.3) is 5.91 Å². The SMILES string of the molecule is C=Cc1cccc(C(C(=O)Nc2c(C)cccc2Cl)N(CC)C(=O)C(NC(=O)OC(C)(C)C)C(C)CC)c1. The van der Waals surface area contributed by atoms with Crippen LogP contribution in [0.25, 0.3) is 6.08 Å². The molecule has 0 aliphatic rings. The van der Waals surface area contributed by atoms with Crippen LogP contribution in [-0.4, -0.2) is 41.0 Å². The number of aryl methyl sites for hydroxylation is 1. The lowest BCUT2D eigenvalue weighted by Crippen LogP contribution is -2.54. The normalized spacial score (nSPS) is 13.6. The molecule has 2 rings (SSSR count). The Labute approximate surface area is 231 Å². The highest BCUT2D eigenvalue weighted by Gasteiger charge is 2.37. The summed E-state index contributed by atoms with van der Waals surface area (Å²) < 4.78 is 5.43. The smallest absolute Gasteiger partial charge is 0.408 e. The van der Waals surface area contributed by atoms with Crippen LogP contribution in [0, 0.1) is 12.8 Å². The maximum absolute atomic E-state index is 14.1. The zero-order valence-electron chi connectivity index (χ0n) is 23.4. The van der Waals surface area contributed by atoms with Crippen molar-refractivity contribution in [3.8, 4) is 0 Å². The summed E-state index contributed by atoms with van der Waals surface area (Å²) in [5.74, 6) is -1.01. The van der Waals surface area contributed by atoms with Crippen LogP contribution < -0.4 is 10.6 Å². The van der Waals surface area contributed by atoms with Crippen LogP contribution in [0.15, 0.2) is 49.0 Å². The molecule has 2 aromatic carbocycles. The van der Waals surface area contributed by atoms with E-state index < -0.39 is 29.7 Å². The number of benzene rings is 2. The molecule has 0 saturated heterocycles. The number of ether oxygens (including phenoxy) is 1. The van der Waals surface area contributed by atoms with Crippen molar-refractivity contribution in [2.45, 2.75) is 72.6 Å². The van der Waals surface area contributed by atoms with Crippen LogP contribution >= 0.6 is 11.6 Å². The molecule has 0 heterocycles. The first-order chi connectivity index (χ1) is 17.8. The lowest BCUT2D eigenvalue weighted by Gasteiger charge is -2.35. The van der Waals surface area contributed by atoms with Gasteiger partial charge in [-0.1, -0.05) is 74.9 Å². The molecule has 8 heteroatoms. The van der Waals surface area contributed by atoms with E-state index in [1.165, 1.54) is 4.90 Å². The van der Waals surface area contributed by atoms with Crippen molar-refractivity contribution in [3.63, 3.8) is 0 Å². The zero-order chi connectivity index (χ0) is 28.6. The molecule has 7 nitrogen and oxygen atoms in total. The Kier molecular flexibility index (Phi) is 11.0. The van der Waals surface area contributed by atoms with E-state index in [9.17, 15) is 14.4 Å². The minimum Gasteiger partial charge on any atom is -0.444 e. The fraction of sp³-hybridized carbons (Fsp3) is 0.433. The summed E-state index contributed by atoms with van der Waals surface area (Å²) in [6, 6.07) is 10.8. The van der Waals surface area contributed by atoms with Crippen LogP contribution in [0.1, 0.15) is 70.7 Å². The number of nitrogens with zero attached hydrogens (tertiary/aromatic N) is 1. The topological polar surface area (TPSA) is 87.7 Å². The quantitative estimate of drug-likeness (QED) is 0.348. The van der Waals surface area contributed by atoms with Crippen LogP contribution in [-0.2, 0) is 14.3 Å². The van der Waals surface area contributed by atoms with Gasteiger partial charge in [-0.05, 0) is 69.4 Å². The van der Waals surface area contributed by atoms with Gasteiger partial charge in [0.05, 0.1) is 10.7 Å². The first-order valence-corrected chi connectivity index (χ1v) is 13.3. The lowest BCUT2D eigenvalue weighted by molar-refractivity contribution is -0.141. The van der Waals surface area contributed by atoms with Gasteiger partial charge >= 0.3 is 6.09 Å². The summed E-state index contributed by atoms with van der Waals surface area (Å²) in [5.41, 5.74) is 1.97. The van der Waals surface area contributed by atoms with Gasteiger partial charge in [0, 0.05) is 6.54 Å². The summed E-state index contributed by atoms with van der Waals surface area (Å²) in [7, 11) is 0. The summed E-state index contributed by atoms with van der Waals surface area (Å²) >= 11 is 6.40. The van der Waals surface area contributed by atoms with Crippen molar-refractivity contribution >= 4 is 41.3 Å². The molecule has 206 valence electrons. The number of hydrogen-bond donors (Lipinski definition) is 2. The Bertz CT molecular complexity index is 1140. The Morgan fingerprint density at radius 2 is 1.79 bits per heavy atom. The summed E-state index contributed by atoms with van der Waals surface area (Å²) in [6.07, 6.45) is 1.63. The number of hydrogen-bond acceptors (Lipinski definition) is 4. The van der Waals surface area contributed by atoms with Gasteiger partial charge in [-0.3, -0.25) is 9.59 Å². The molecule has 0 aromatic heterocycles. The van der Waals surface area contributed by atoms with Gasteiger partial charge in [0.1, 0.15) is 17.7 Å². The molecule has 0 spiro atoms. The first-order valence-electron chi connectivity index (χ1n) is 12.9. The van der Waals surface area contributed by atoms with Gasteiger partial charge in [0.15, 0.2) is 0 Å². The van der Waals surface area contributed by atoms with Crippen LogP contribution in [0.5, 0.6) is 0 Å². The van der Waals surface area contributed by atoms with Crippen LogP contribution in [0.4, 0.5) is 10.5 Å². The molecule has 0 aliphatic heterocycles. The molecule has 0 radical (unpaired) electrons. The number of likely N-dealkylation sites (N-methyl/N-ethyl adjacent to an activating group) is 1. The lowest BCUT2D eigenvalue weighted by atomic mass is 9.95. The molecule has 3 atom stereocenters. The fourth-order valence-corrected chi connectivity index (χ4v) is 4.34. The second kappa shape index (κ2) is 13.5. The number of nitrogens with one attached hydrogen (secondary N) is 2. The largest absolute Gasteiger partial charge is 0.444 e. The molecule has 3 amide bonds. The third-order valence-corrected chi connectivity index (χ3v) is 6.58. The van der Waals surface area contributed by atoms with Crippen LogP contribution in [0.3, 0.4) is 0 Å². The third-order valence-electron chi connectivity index (χ3n) is 6.27. The highest BCUT2D eigenvalue weighted by molar-refractivity contribution is 6.34. The monoisotopic (exact) mass is 541 g/mol. The molecular formula is C30H40ClN3O4. The maximum Gasteiger partial charge on any atom is 0.408 e. The Balaban J connectivity index is 2.55. The van der Waals surface area contributed by atoms with Crippen molar-refractivity contribution < 1.29 is 19.1 Å². The van der Waals surface area contributed by atoms with E-state index in [-0.39, 0.29) is 18.4 Å². The maximum atomic E-state index is 14.1. The third kappa shape index (κ3) is 8.09. The molecule has 0 saturated carbocycles. The van der Waals surface area contributed by atoms with Crippen molar-refractivity contribution in [1.82, 2.24) is 10.2 Å². The van der Waals surface area contributed by atoms with E-state index in [1.54, 1.807) is 52.0 Å². The molecule has 0 fully saturated rings. The second-order valence-electron chi connectivity index (χ2n) is 10.3. The predicted molar refractivity (Wildman–Crippen MR) is 154 cm³/mol. The molecule has 3 unspecified atom stereocenters. The molecule has 0 bridgehead atoms. The zero-order valence-corrected chi connectivity index (χ0v) is 24.2. The van der Waals surface area contributed by atoms with Crippen molar-refractivity contribution in [2.24, 2.45) is 5.92 Å². The first kappa shape index (κ1) is 30.9. The average molecular weight is 542 g/mol. The minimum atomic E-state index is -0.991. The predicted octanol–water partition coefficient (Wildman–Crippen LogP) is 6.76. The minimum absolute atomic E-state index is 0.210. The molecule has 2 N–H and O–H groups in total. The summed E-state index contributed by atoms with van der Waals surface area (Å²) in [6.45, 7) is 16.8. The number of halogens is 1. The number of carbonyl (C=O) groups is 3. The Hall–Kier alpha value is -3.32. The van der Waals surface area contributed by atoms with E-state index in [0.717, 1.165) is 11.1 Å². The van der Waals surface area contributed by atoms with Crippen LogP contribution in [0.2, 0.25) is 5.02 Å². The van der Waals surface area contributed by atoms with Gasteiger partial charge in [-0.15, -0.1) is 0 Å². The van der Waals surface area contributed by atoms with Crippen molar-refractivity contribution in [1.29, 1.82) is 0 Å². The average Bonchev–Trinajstić information content (AvgIpc) is 2.86. The molecule has 0 aliphatic carbocycles. The number of para-hydroxylation sites is 1. The van der Waals surface area contributed by atoms with E-state index in [4.69, 9.17) is 16.3 Å². The molecular weight excluding hydrogens is 502 g/mol. The highest BCUT2D eigenvalue weighted by Crippen LogP contribution is 2.30. The number of carbonyl (C=O) groups excluding carboxylic acids is 3. The number of anilines is 1. The fourth-order valence-electron chi connectivity index (χ4n) is 4.07. The summed E-state index contributed by atoms with van der Waals surface area (Å²) in [5, 5.41) is 6.09. The van der Waals surface area contributed by atoms with Crippen molar-refractivity contribution in [2.75, 3.05) is 11.9 Å². The van der Waals surface area contributed by atoms with E-state index in [0.29, 0.717) is 22.7 Å². The van der Waals surface area contributed by atoms with Gasteiger partial charge in [0.2, 0.25) is 5.91 Å². The Morgan fingerprint density at radius 3 is 2.34 bits per heavy atom. The second-order valence-corrected chi connectivity index (χ2v) is 10.7. The Morgan fingerprint density at radius 1 is 1.13 bits per heavy atom. The highest BCUT2D eigenvalue weighted by atomic mass is 35.5. The van der Waals surface area contributed by atoms with E-state index in [1.807, 2.05) is 45.0 Å². The van der Waals surface area contributed by atoms with Gasteiger partial charge < -0.3 is 20.3 Å². The van der Waals surface area contributed by atoms with Gasteiger partial charge in [-0.2, -0.15) is 0 Å². The van der Waals surface area contributed by atoms with E-state index >= 15 is 0 Å². The number of alkyl carbamates (subject to hydrolysis) is 1. The van der Waals surface area contributed by atoms with E-state index in [2.05, 4.69) is 17.2 Å². The molecule has 2 aromatic rings. The standard InChI is InChI=1S/C30H40ClN3O4/c1-9-19(4)25(33-29(37)38-30(6,7)8)28(36)34(11-3)26(22-16-13-15-21(10-2)18-22)27(35)32-24-20(5)14-12-17-23(24)31/h10,12-19,25-26H,2,9,11H2,1,3-8H3,(H,32,35)(H,33,37). The molecule has 38 heavy (non-hydrogen) atoms. The number of amides is 3.